The maximum Gasteiger partial charge on any atom is 0.327 e. The number of carbonyl (C=O) groups excluding carboxylic acids is 2. The molecule has 138 valence electrons. The molecule has 2 rings (SSSR count). The topological polar surface area (TPSA) is 47.1 Å². The zero-order valence-corrected chi connectivity index (χ0v) is 16.6. The quantitative estimate of drug-likeness (QED) is 0.646. The number of amides is 3. The molecule has 0 radical (unpaired) electrons. The third-order valence-corrected chi connectivity index (χ3v) is 6.18. The molecule has 1 spiro atoms. The van der Waals surface area contributed by atoms with Gasteiger partial charge in [-0.15, -0.1) is 0 Å². The van der Waals surface area contributed by atoms with E-state index in [1.54, 1.807) is 0 Å². The molecular weight excluding hydrogens is 324 g/mol. The van der Waals surface area contributed by atoms with Crippen LogP contribution in [0.15, 0.2) is 0 Å². The number of urea groups is 1. The number of hydrogen-bond acceptors (Lipinski definition) is 5. The van der Waals surface area contributed by atoms with Crippen molar-refractivity contribution < 1.29 is 9.59 Å². The molecule has 0 aromatic heterocycles. The Labute approximate surface area is 150 Å². The zero-order valence-electron chi connectivity index (χ0n) is 15.7. The largest absolute Gasteiger partial charge is 0.327 e. The number of likely N-dealkylation sites (N-methyl/N-ethyl adjacent to an activating group) is 2. The van der Waals surface area contributed by atoms with Crippen molar-refractivity contribution in [3.63, 3.8) is 0 Å². The Morgan fingerprint density at radius 1 is 1.25 bits per heavy atom. The fourth-order valence-corrected chi connectivity index (χ4v) is 4.58. The van der Waals surface area contributed by atoms with Crippen molar-refractivity contribution in [1.29, 1.82) is 0 Å². The Kier molecular flexibility index (Phi) is 6.56. The normalized spacial score (nSPS) is 22.9. The van der Waals surface area contributed by atoms with Gasteiger partial charge in [-0.1, -0.05) is 0 Å². The van der Waals surface area contributed by atoms with Gasteiger partial charge in [0.2, 0.25) is 0 Å². The van der Waals surface area contributed by atoms with Crippen LogP contribution in [0.5, 0.6) is 0 Å². The summed E-state index contributed by atoms with van der Waals surface area (Å²) in [6, 6.07) is 0.416. The lowest BCUT2D eigenvalue weighted by atomic mass is 9.85. The summed E-state index contributed by atoms with van der Waals surface area (Å²) in [4.78, 5) is 33.6. The number of likely N-dealkylation sites (tertiary alicyclic amines) is 1. The molecule has 2 heterocycles. The summed E-state index contributed by atoms with van der Waals surface area (Å²) >= 11 is 1.86. The number of hydrogen-bond donors (Lipinski definition) is 0. The van der Waals surface area contributed by atoms with Gasteiger partial charge in [0.05, 0.1) is 0 Å². The maximum atomic E-state index is 13.1. The SMILES string of the molecule is CCN1C(=O)N(CCN(C)C)C(=O)C12CCN(C(C)CSC)CC2. The minimum absolute atomic E-state index is 0.0216. The number of rotatable bonds is 7. The summed E-state index contributed by atoms with van der Waals surface area (Å²) in [5, 5.41) is 0. The molecule has 2 aliphatic rings. The molecule has 7 heteroatoms. The van der Waals surface area contributed by atoms with Gasteiger partial charge in [-0.25, -0.2) is 4.79 Å². The number of piperidine rings is 1. The highest BCUT2D eigenvalue weighted by atomic mass is 32.2. The highest BCUT2D eigenvalue weighted by Gasteiger charge is 2.57. The van der Waals surface area contributed by atoms with Crippen LogP contribution < -0.4 is 0 Å². The third-order valence-electron chi connectivity index (χ3n) is 5.37. The highest BCUT2D eigenvalue weighted by Crippen LogP contribution is 2.37. The predicted octanol–water partition coefficient (Wildman–Crippen LogP) is 1.42. The summed E-state index contributed by atoms with van der Waals surface area (Å²) < 4.78 is 0. The van der Waals surface area contributed by atoms with E-state index in [0.29, 0.717) is 25.7 Å². The Hall–Kier alpha value is -0.790. The first kappa shape index (κ1) is 19.5. The van der Waals surface area contributed by atoms with Crippen molar-refractivity contribution in [3.05, 3.63) is 0 Å². The summed E-state index contributed by atoms with van der Waals surface area (Å²) in [5.41, 5.74) is -0.603. The molecule has 24 heavy (non-hydrogen) atoms. The lowest BCUT2D eigenvalue weighted by Crippen LogP contribution is -2.57. The van der Waals surface area contributed by atoms with Crippen LogP contribution in [0, 0.1) is 0 Å². The lowest BCUT2D eigenvalue weighted by molar-refractivity contribution is -0.135. The second kappa shape index (κ2) is 8.06. The number of carbonyl (C=O) groups is 2. The van der Waals surface area contributed by atoms with E-state index < -0.39 is 5.54 Å². The van der Waals surface area contributed by atoms with Crippen LogP contribution in [0.2, 0.25) is 0 Å². The van der Waals surface area contributed by atoms with Gasteiger partial charge in [-0.2, -0.15) is 11.8 Å². The van der Waals surface area contributed by atoms with Crippen LogP contribution in [0.4, 0.5) is 4.79 Å². The van der Waals surface area contributed by atoms with E-state index in [1.807, 2.05) is 42.6 Å². The van der Waals surface area contributed by atoms with Crippen LogP contribution in [0.25, 0.3) is 0 Å². The molecule has 0 bridgehead atoms. The van der Waals surface area contributed by atoms with Gasteiger partial charge in [-0.05, 0) is 47.0 Å². The summed E-state index contributed by atoms with van der Waals surface area (Å²) in [7, 11) is 3.92. The van der Waals surface area contributed by atoms with Crippen molar-refractivity contribution in [3.8, 4) is 0 Å². The molecule has 0 saturated carbocycles. The van der Waals surface area contributed by atoms with E-state index in [1.165, 1.54) is 4.90 Å². The van der Waals surface area contributed by atoms with Crippen molar-refractivity contribution in [2.24, 2.45) is 0 Å². The summed E-state index contributed by atoms with van der Waals surface area (Å²) in [6.45, 7) is 7.79. The Morgan fingerprint density at radius 3 is 2.38 bits per heavy atom. The smallest absolute Gasteiger partial charge is 0.310 e. The maximum absolute atomic E-state index is 13.1. The lowest BCUT2D eigenvalue weighted by Gasteiger charge is -2.43. The minimum atomic E-state index is -0.603. The number of nitrogens with zero attached hydrogens (tertiary/aromatic N) is 4. The molecule has 0 aliphatic carbocycles. The highest BCUT2D eigenvalue weighted by molar-refractivity contribution is 7.98. The summed E-state index contributed by atoms with van der Waals surface area (Å²) in [5.74, 6) is 1.13. The molecule has 0 aromatic carbocycles. The molecule has 2 saturated heterocycles. The Morgan fingerprint density at radius 2 is 1.88 bits per heavy atom. The van der Waals surface area contributed by atoms with Gasteiger partial charge in [0, 0.05) is 44.5 Å². The van der Waals surface area contributed by atoms with Crippen molar-refractivity contribution in [1.82, 2.24) is 19.6 Å². The molecule has 1 unspecified atom stereocenters. The van der Waals surface area contributed by atoms with Crippen molar-refractivity contribution in [2.45, 2.75) is 38.3 Å². The third kappa shape index (κ3) is 3.58. The molecule has 3 amide bonds. The first-order chi connectivity index (χ1) is 11.4. The second-order valence-corrected chi connectivity index (χ2v) is 8.07. The van der Waals surface area contributed by atoms with E-state index >= 15 is 0 Å². The number of thioether (sulfide) groups is 1. The van der Waals surface area contributed by atoms with E-state index in [-0.39, 0.29) is 11.9 Å². The van der Waals surface area contributed by atoms with Gasteiger partial charge in [0.15, 0.2) is 0 Å². The van der Waals surface area contributed by atoms with Crippen molar-refractivity contribution >= 4 is 23.7 Å². The molecule has 0 N–H and O–H groups in total. The fraction of sp³-hybridized carbons (Fsp3) is 0.882. The minimum Gasteiger partial charge on any atom is -0.310 e. The monoisotopic (exact) mass is 356 g/mol. The van der Waals surface area contributed by atoms with Gasteiger partial charge < -0.3 is 9.80 Å². The molecule has 2 aliphatic heterocycles. The standard InChI is InChI=1S/C17H32N4O2S/c1-6-21-16(23)20(12-11-18(3)4)15(22)17(21)7-9-19(10-8-17)14(2)13-24-5/h14H,6-13H2,1-5H3. The number of imide groups is 1. The van der Waals surface area contributed by atoms with E-state index in [9.17, 15) is 9.59 Å². The van der Waals surface area contributed by atoms with Crippen LogP contribution >= 0.6 is 11.8 Å². The zero-order chi connectivity index (χ0) is 17.9. The van der Waals surface area contributed by atoms with Gasteiger partial charge in [-0.3, -0.25) is 14.6 Å². The van der Waals surface area contributed by atoms with Crippen LogP contribution in [0.3, 0.4) is 0 Å². The average molecular weight is 357 g/mol. The van der Waals surface area contributed by atoms with E-state index in [2.05, 4.69) is 18.1 Å². The average Bonchev–Trinajstić information content (AvgIpc) is 2.73. The molecule has 6 nitrogen and oxygen atoms in total. The molecular formula is C17H32N4O2S. The first-order valence-electron chi connectivity index (χ1n) is 8.88. The van der Waals surface area contributed by atoms with Gasteiger partial charge in [0.1, 0.15) is 5.54 Å². The second-order valence-electron chi connectivity index (χ2n) is 7.16. The van der Waals surface area contributed by atoms with E-state index in [4.69, 9.17) is 0 Å². The van der Waals surface area contributed by atoms with Crippen LogP contribution in [-0.2, 0) is 4.79 Å². The molecule has 0 aromatic rings. The van der Waals surface area contributed by atoms with Crippen LogP contribution in [-0.4, -0.2) is 102 Å². The molecule has 1 atom stereocenters. The first-order valence-corrected chi connectivity index (χ1v) is 10.3. The predicted molar refractivity (Wildman–Crippen MR) is 99.4 cm³/mol. The van der Waals surface area contributed by atoms with E-state index in [0.717, 1.165) is 31.7 Å². The fourth-order valence-electron chi connectivity index (χ4n) is 3.88. The van der Waals surface area contributed by atoms with Gasteiger partial charge >= 0.3 is 6.03 Å². The summed E-state index contributed by atoms with van der Waals surface area (Å²) in [6.07, 6.45) is 3.63. The van der Waals surface area contributed by atoms with Crippen LogP contribution in [0.1, 0.15) is 26.7 Å². The molecule has 2 fully saturated rings. The Bertz CT molecular complexity index is 464. The Balaban J connectivity index is 2.11. The van der Waals surface area contributed by atoms with Crippen molar-refractivity contribution in [2.75, 3.05) is 58.8 Å². The van der Waals surface area contributed by atoms with Gasteiger partial charge in [0.25, 0.3) is 5.91 Å².